The van der Waals surface area contributed by atoms with Gasteiger partial charge in [0.05, 0.1) is 0 Å². The minimum absolute atomic E-state index is 0.0532. The van der Waals surface area contributed by atoms with E-state index in [1.54, 1.807) is 23.6 Å². The molecular formula is C12H13FN2S2. The highest BCUT2D eigenvalue weighted by molar-refractivity contribution is 8.01. The highest BCUT2D eigenvalue weighted by Gasteiger charge is 2.12. The Morgan fingerprint density at radius 2 is 2.35 bits per heavy atom. The van der Waals surface area contributed by atoms with Crippen LogP contribution in [-0.2, 0) is 6.42 Å². The van der Waals surface area contributed by atoms with Gasteiger partial charge in [0.15, 0.2) is 4.34 Å². The van der Waals surface area contributed by atoms with E-state index in [1.807, 2.05) is 18.4 Å². The molecule has 0 saturated heterocycles. The van der Waals surface area contributed by atoms with E-state index in [0.717, 1.165) is 9.24 Å². The minimum Gasteiger partial charge on any atom is -0.328 e. The van der Waals surface area contributed by atoms with Gasteiger partial charge in [-0.05, 0) is 25.5 Å². The third-order valence-corrected chi connectivity index (χ3v) is 4.19. The third-order valence-electron chi connectivity index (χ3n) is 2.21. The van der Waals surface area contributed by atoms with Gasteiger partial charge in [0.2, 0.25) is 0 Å². The first-order valence-electron chi connectivity index (χ1n) is 5.27. The first-order valence-corrected chi connectivity index (χ1v) is 6.96. The molecule has 0 saturated carbocycles. The molecule has 2 N–H and O–H groups in total. The smallest absolute Gasteiger partial charge is 0.154 e. The predicted molar refractivity (Wildman–Crippen MR) is 70.0 cm³/mol. The van der Waals surface area contributed by atoms with Crippen LogP contribution in [0.15, 0.2) is 39.0 Å². The first-order chi connectivity index (χ1) is 8.16. The van der Waals surface area contributed by atoms with Gasteiger partial charge in [0.1, 0.15) is 5.82 Å². The molecule has 1 atom stereocenters. The van der Waals surface area contributed by atoms with Crippen molar-refractivity contribution >= 4 is 23.1 Å². The second kappa shape index (κ2) is 5.62. The second-order valence-corrected chi connectivity index (χ2v) is 5.98. The van der Waals surface area contributed by atoms with Crippen LogP contribution in [0.3, 0.4) is 0 Å². The van der Waals surface area contributed by atoms with Gasteiger partial charge in [0.25, 0.3) is 0 Å². The van der Waals surface area contributed by atoms with Gasteiger partial charge >= 0.3 is 0 Å². The number of rotatable bonds is 4. The van der Waals surface area contributed by atoms with Crippen molar-refractivity contribution in [2.24, 2.45) is 5.73 Å². The molecule has 0 aliphatic carbocycles. The Balaban J connectivity index is 2.29. The number of hydrogen-bond acceptors (Lipinski definition) is 4. The van der Waals surface area contributed by atoms with Crippen LogP contribution in [-0.4, -0.2) is 11.0 Å². The molecule has 0 aliphatic heterocycles. The molecule has 0 fully saturated rings. The van der Waals surface area contributed by atoms with Crippen LogP contribution in [0.5, 0.6) is 0 Å². The van der Waals surface area contributed by atoms with Gasteiger partial charge in [-0.2, -0.15) is 0 Å². The van der Waals surface area contributed by atoms with E-state index >= 15 is 0 Å². The fourth-order valence-electron chi connectivity index (χ4n) is 1.51. The lowest BCUT2D eigenvalue weighted by Gasteiger charge is -2.11. The average Bonchev–Trinajstić information content (AvgIpc) is 2.75. The molecule has 0 amide bonds. The first kappa shape index (κ1) is 12.5. The van der Waals surface area contributed by atoms with E-state index in [1.165, 1.54) is 17.8 Å². The van der Waals surface area contributed by atoms with E-state index in [-0.39, 0.29) is 11.9 Å². The Morgan fingerprint density at radius 1 is 1.53 bits per heavy atom. The van der Waals surface area contributed by atoms with Gasteiger partial charge in [-0.3, -0.25) is 0 Å². The van der Waals surface area contributed by atoms with Crippen molar-refractivity contribution in [3.63, 3.8) is 0 Å². The molecule has 1 unspecified atom stereocenters. The standard InChI is InChI=1S/C12H13FN2S2/c1-8(14)7-9-10(13)3-2-4-11(9)17-12-15-5-6-16-12/h2-6,8H,7,14H2,1H3. The van der Waals surface area contributed by atoms with Crippen LogP contribution < -0.4 is 5.73 Å². The highest BCUT2D eigenvalue weighted by atomic mass is 32.2. The fraction of sp³-hybridized carbons (Fsp3) is 0.250. The number of nitrogens with zero attached hydrogens (tertiary/aromatic N) is 1. The summed E-state index contributed by atoms with van der Waals surface area (Å²) >= 11 is 3.04. The summed E-state index contributed by atoms with van der Waals surface area (Å²) in [5.74, 6) is -0.191. The fourth-order valence-corrected chi connectivity index (χ4v) is 3.25. The van der Waals surface area contributed by atoms with Gasteiger partial charge in [0, 0.05) is 28.1 Å². The summed E-state index contributed by atoms with van der Waals surface area (Å²) in [4.78, 5) is 5.09. The molecule has 1 aromatic heterocycles. The summed E-state index contributed by atoms with van der Waals surface area (Å²) in [7, 11) is 0. The number of thiazole rings is 1. The molecular weight excluding hydrogens is 255 g/mol. The zero-order valence-corrected chi connectivity index (χ0v) is 11.0. The Kier molecular flexibility index (Phi) is 4.15. The SMILES string of the molecule is CC(N)Cc1c(F)cccc1Sc1nccs1. The van der Waals surface area contributed by atoms with E-state index < -0.39 is 0 Å². The molecule has 0 spiro atoms. The van der Waals surface area contributed by atoms with Crippen molar-refractivity contribution in [3.8, 4) is 0 Å². The van der Waals surface area contributed by atoms with Crippen molar-refractivity contribution < 1.29 is 4.39 Å². The Labute approximate surface area is 108 Å². The van der Waals surface area contributed by atoms with Crippen LogP contribution >= 0.6 is 23.1 Å². The van der Waals surface area contributed by atoms with Crippen LogP contribution in [0, 0.1) is 5.82 Å². The zero-order valence-electron chi connectivity index (χ0n) is 9.39. The average molecular weight is 268 g/mol. The molecule has 5 heteroatoms. The second-order valence-electron chi connectivity index (χ2n) is 3.80. The molecule has 0 aliphatic rings. The van der Waals surface area contributed by atoms with Gasteiger partial charge in [-0.15, -0.1) is 11.3 Å². The summed E-state index contributed by atoms with van der Waals surface area (Å²) in [6.45, 7) is 1.88. The molecule has 2 nitrogen and oxygen atoms in total. The number of benzene rings is 1. The molecule has 17 heavy (non-hydrogen) atoms. The maximum absolute atomic E-state index is 13.8. The zero-order chi connectivity index (χ0) is 12.3. The van der Waals surface area contributed by atoms with Gasteiger partial charge in [-0.1, -0.05) is 17.8 Å². The van der Waals surface area contributed by atoms with Gasteiger partial charge < -0.3 is 5.73 Å². The van der Waals surface area contributed by atoms with Crippen LogP contribution in [0.25, 0.3) is 0 Å². The largest absolute Gasteiger partial charge is 0.328 e. The van der Waals surface area contributed by atoms with Crippen LogP contribution in [0.4, 0.5) is 4.39 Å². The number of nitrogens with two attached hydrogens (primary N) is 1. The van der Waals surface area contributed by atoms with Gasteiger partial charge in [-0.25, -0.2) is 9.37 Å². The van der Waals surface area contributed by atoms with E-state index in [4.69, 9.17) is 5.73 Å². The summed E-state index contributed by atoms with van der Waals surface area (Å²) in [5, 5.41) is 1.91. The number of halogens is 1. The van der Waals surface area contributed by atoms with Crippen molar-refractivity contribution in [2.75, 3.05) is 0 Å². The normalized spacial score (nSPS) is 12.6. The van der Waals surface area contributed by atoms with Crippen LogP contribution in [0.2, 0.25) is 0 Å². The Bertz CT molecular complexity index is 483. The van der Waals surface area contributed by atoms with Crippen molar-refractivity contribution in [1.29, 1.82) is 0 Å². The predicted octanol–water partition coefficient (Wildman–Crippen LogP) is 3.32. The number of aromatic nitrogens is 1. The molecule has 90 valence electrons. The Morgan fingerprint density at radius 3 is 3.00 bits per heavy atom. The molecule has 1 aromatic carbocycles. The molecule has 2 aromatic rings. The maximum Gasteiger partial charge on any atom is 0.154 e. The third kappa shape index (κ3) is 3.28. The molecule has 1 heterocycles. The van der Waals surface area contributed by atoms with Crippen molar-refractivity contribution in [2.45, 2.75) is 28.6 Å². The molecule has 0 bridgehead atoms. The maximum atomic E-state index is 13.8. The van der Waals surface area contributed by atoms with Crippen molar-refractivity contribution in [1.82, 2.24) is 4.98 Å². The Hall–Kier alpha value is -0.910. The lowest BCUT2D eigenvalue weighted by Crippen LogP contribution is -2.19. The lowest BCUT2D eigenvalue weighted by atomic mass is 10.1. The highest BCUT2D eigenvalue weighted by Crippen LogP contribution is 2.33. The lowest BCUT2D eigenvalue weighted by molar-refractivity contribution is 0.588. The summed E-state index contributed by atoms with van der Waals surface area (Å²) in [5.41, 5.74) is 6.43. The van der Waals surface area contributed by atoms with E-state index in [0.29, 0.717) is 12.0 Å². The van der Waals surface area contributed by atoms with Crippen molar-refractivity contribution in [3.05, 3.63) is 41.2 Å². The summed E-state index contributed by atoms with van der Waals surface area (Å²) < 4.78 is 14.7. The monoisotopic (exact) mass is 268 g/mol. The summed E-state index contributed by atoms with van der Waals surface area (Å²) in [6.07, 6.45) is 2.29. The van der Waals surface area contributed by atoms with E-state index in [9.17, 15) is 4.39 Å². The number of hydrogen-bond donors (Lipinski definition) is 1. The molecule has 0 radical (unpaired) electrons. The van der Waals surface area contributed by atoms with E-state index in [2.05, 4.69) is 4.98 Å². The minimum atomic E-state index is -0.191. The van der Waals surface area contributed by atoms with Crippen LogP contribution in [0.1, 0.15) is 12.5 Å². The molecule has 2 rings (SSSR count). The summed E-state index contributed by atoms with van der Waals surface area (Å²) in [6, 6.07) is 5.05. The quantitative estimate of drug-likeness (QED) is 0.924. The topological polar surface area (TPSA) is 38.9 Å².